The second kappa shape index (κ2) is 8.11. The van der Waals surface area contributed by atoms with E-state index in [1.54, 1.807) is 0 Å². The van der Waals surface area contributed by atoms with Crippen LogP contribution in [0.4, 0.5) is 0 Å². The zero-order valence-corrected chi connectivity index (χ0v) is 13.9. The Balaban J connectivity index is 2.09. The van der Waals surface area contributed by atoms with Crippen LogP contribution >= 0.6 is 11.6 Å². The summed E-state index contributed by atoms with van der Waals surface area (Å²) in [5.74, 6) is -0.462. The van der Waals surface area contributed by atoms with Crippen molar-refractivity contribution in [3.63, 3.8) is 0 Å². The number of carbonyl (C=O) groups is 1. The number of esters is 1. The molecule has 1 unspecified atom stereocenters. The van der Waals surface area contributed by atoms with Crippen molar-refractivity contribution in [2.45, 2.75) is 18.6 Å². The van der Waals surface area contributed by atoms with Gasteiger partial charge >= 0.3 is 5.97 Å². The van der Waals surface area contributed by atoms with E-state index >= 15 is 0 Å². The normalized spacial score (nSPS) is 13.4. The molecule has 5 heteroatoms. The van der Waals surface area contributed by atoms with E-state index in [9.17, 15) is 4.79 Å². The van der Waals surface area contributed by atoms with E-state index in [-0.39, 0.29) is 0 Å². The average molecular weight is 334 g/mol. The van der Waals surface area contributed by atoms with Gasteiger partial charge in [-0.3, -0.25) is 0 Å². The summed E-state index contributed by atoms with van der Waals surface area (Å²) in [7, 11) is 2.77. The van der Waals surface area contributed by atoms with Gasteiger partial charge < -0.3 is 15.2 Å². The summed E-state index contributed by atoms with van der Waals surface area (Å²) in [6.45, 7) is 0. The second-order valence-corrected chi connectivity index (χ2v) is 5.69. The lowest BCUT2D eigenvalue weighted by Crippen LogP contribution is -2.44. The molecule has 2 aromatic rings. The van der Waals surface area contributed by atoms with E-state index < -0.39 is 18.1 Å². The highest BCUT2D eigenvalue weighted by Gasteiger charge is 2.26. The van der Waals surface area contributed by atoms with E-state index in [1.165, 1.54) is 14.2 Å². The van der Waals surface area contributed by atoms with Gasteiger partial charge in [0, 0.05) is 18.2 Å². The Hall–Kier alpha value is -1.88. The minimum Gasteiger partial charge on any atom is -0.467 e. The second-order valence-electron chi connectivity index (χ2n) is 5.25. The molecule has 0 radical (unpaired) electrons. The van der Waals surface area contributed by atoms with Crippen molar-refractivity contribution in [3.8, 4) is 11.1 Å². The van der Waals surface area contributed by atoms with Gasteiger partial charge in [0.2, 0.25) is 0 Å². The standard InChI is InChI=1S/C18H20ClNO3/c1-22-17(18(21)23-2)16(20)10-12-6-8-13(9-7-12)14-4-3-5-15(19)11-14/h3-9,11,16-17H,10,20H2,1-2H3/t16?,17-/m1/s1. The third-order valence-corrected chi connectivity index (χ3v) is 3.89. The molecular weight excluding hydrogens is 314 g/mol. The van der Waals surface area contributed by atoms with E-state index in [1.807, 2.05) is 48.5 Å². The Bertz CT molecular complexity index is 658. The number of hydrogen-bond donors (Lipinski definition) is 1. The van der Waals surface area contributed by atoms with Crippen LogP contribution in [0.2, 0.25) is 5.02 Å². The van der Waals surface area contributed by atoms with E-state index in [2.05, 4.69) is 0 Å². The van der Waals surface area contributed by atoms with E-state index in [0.29, 0.717) is 11.4 Å². The van der Waals surface area contributed by atoms with Gasteiger partial charge in [-0.2, -0.15) is 0 Å². The van der Waals surface area contributed by atoms with Crippen molar-refractivity contribution in [3.05, 3.63) is 59.1 Å². The smallest absolute Gasteiger partial charge is 0.336 e. The lowest BCUT2D eigenvalue weighted by molar-refractivity contribution is -0.153. The van der Waals surface area contributed by atoms with Crippen LogP contribution in [0.3, 0.4) is 0 Å². The molecule has 0 amide bonds. The Morgan fingerprint density at radius 1 is 1.13 bits per heavy atom. The van der Waals surface area contributed by atoms with Crippen molar-refractivity contribution in [1.82, 2.24) is 0 Å². The molecule has 2 aromatic carbocycles. The van der Waals surface area contributed by atoms with Crippen molar-refractivity contribution in [2.24, 2.45) is 5.73 Å². The van der Waals surface area contributed by atoms with Gasteiger partial charge in [-0.15, -0.1) is 0 Å². The van der Waals surface area contributed by atoms with Gasteiger partial charge in [-0.1, -0.05) is 48.0 Å². The topological polar surface area (TPSA) is 61.5 Å². The third-order valence-electron chi connectivity index (χ3n) is 3.66. The molecule has 0 aliphatic carbocycles. The predicted molar refractivity (Wildman–Crippen MR) is 91.4 cm³/mol. The summed E-state index contributed by atoms with van der Waals surface area (Å²) in [5.41, 5.74) is 9.21. The number of nitrogens with two attached hydrogens (primary N) is 1. The molecule has 0 aliphatic rings. The minimum absolute atomic E-state index is 0.462. The van der Waals surface area contributed by atoms with Crippen LogP contribution in [0.25, 0.3) is 11.1 Å². The summed E-state index contributed by atoms with van der Waals surface area (Å²) in [4.78, 5) is 11.6. The molecule has 0 spiro atoms. The molecule has 0 aromatic heterocycles. The minimum atomic E-state index is -0.771. The van der Waals surface area contributed by atoms with Crippen LogP contribution in [-0.4, -0.2) is 32.3 Å². The Morgan fingerprint density at radius 3 is 2.39 bits per heavy atom. The van der Waals surface area contributed by atoms with Crippen LogP contribution in [0.1, 0.15) is 5.56 Å². The quantitative estimate of drug-likeness (QED) is 0.825. The number of carbonyl (C=O) groups excluding carboxylic acids is 1. The summed E-state index contributed by atoms with van der Waals surface area (Å²) < 4.78 is 9.82. The highest BCUT2D eigenvalue weighted by molar-refractivity contribution is 6.30. The van der Waals surface area contributed by atoms with Crippen molar-refractivity contribution >= 4 is 17.6 Å². The summed E-state index contributed by atoms with van der Waals surface area (Å²) in [5, 5.41) is 0.703. The molecule has 2 atom stereocenters. The van der Waals surface area contributed by atoms with Crippen LogP contribution in [0, 0.1) is 0 Å². The van der Waals surface area contributed by atoms with Crippen LogP contribution in [0.5, 0.6) is 0 Å². The lowest BCUT2D eigenvalue weighted by atomic mass is 9.99. The molecule has 23 heavy (non-hydrogen) atoms. The fourth-order valence-electron chi connectivity index (χ4n) is 2.44. The van der Waals surface area contributed by atoms with Crippen LogP contribution < -0.4 is 5.73 Å². The number of methoxy groups -OCH3 is 2. The zero-order chi connectivity index (χ0) is 16.8. The monoisotopic (exact) mass is 333 g/mol. The Kier molecular flexibility index (Phi) is 6.16. The number of rotatable bonds is 6. The Morgan fingerprint density at radius 2 is 1.83 bits per heavy atom. The van der Waals surface area contributed by atoms with Crippen molar-refractivity contribution in [2.75, 3.05) is 14.2 Å². The molecule has 0 saturated heterocycles. The van der Waals surface area contributed by atoms with E-state index in [4.69, 9.17) is 26.8 Å². The number of ether oxygens (including phenoxy) is 2. The van der Waals surface area contributed by atoms with E-state index in [0.717, 1.165) is 16.7 Å². The van der Waals surface area contributed by atoms with Crippen LogP contribution in [0.15, 0.2) is 48.5 Å². The molecule has 0 aliphatic heterocycles. The first-order chi connectivity index (χ1) is 11.0. The predicted octanol–water partition coefficient (Wildman–Crippen LogP) is 3.06. The highest BCUT2D eigenvalue weighted by atomic mass is 35.5. The zero-order valence-electron chi connectivity index (χ0n) is 13.2. The SMILES string of the molecule is COC(=O)[C@H](OC)C(N)Cc1ccc(-c2cccc(Cl)c2)cc1. The first-order valence-corrected chi connectivity index (χ1v) is 7.64. The fraction of sp³-hybridized carbons (Fsp3) is 0.278. The molecule has 2 rings (SSSR count). The highest BCUT2D eigenvalue weighted by Crippen LogP contribution is 2.23. The average Bonchev–Trinajstić information content (AvgIpc) is 2.56. The fourth-order valence-corrected chi connectivity index (χ4v) is 2.63. The summed E-state index contributed by atoms with van der Waals surface area (Å²) in [6, 6.07) is 15.2. The number of halogens is 1. The number of benzene rings is 2. The lowest BCUT2D eigenvalue weighted by Gasteiger charge is -2.20. The van der Waals surface area contributed by atoms with Gasteiger partial charge in [0.25, 0.3) is 0 Å². The maximum absolute atomic E-state index is 11.6. The van der Waals surface area contributed by atoms with Gasteiger partial charge in [-0.25, -0.2) is 4.79 Å². The molecule has 122 valence electrons. The van der Waals surface area contributed by atoms with Gasteiger partial charge in [-0.05, 0) is 35.2 Å². The molecule has 0 saturated carbocycles. The molecule has 0 fully saturated rings. The summed E-state index contributed by atoms with van der Waals surface area (Å²) >= 11 is 6.01. The molecular formula is C18H20ClNO3. The number of hydrogen-bond acceptors (Lipinski definition) is 4. The van der Waals surface area contributed by atoms with Crippen molar-refractivity contribution in [1.29, 1.82) is 0 Å². The van der Waals surface area contributed by atoms with Crippen molar-refractivity contribution < 1.29 is 14.3 Å². The molecule has 0 heterocycles. The van der Waals surface area contributed by atoms with Gasteiger partial charge in [0.15, 0.2) is 6.10 Å². The first-order valence-electron chi connectivity index (χ1n) is 7.26. The molecule has 2 N–H and O–H groups in total. The first kappa shape index (κ1) is 17.5. The summed E-state index contributed by atoms with van der Waals surface area (Å²) in [6.07, 6.45) is -0.253. The molecule has 4 nitrogen and oxygen atoms in total. The van der Waals surface area contributed by atoms with Gasteiger partial charge in [0.05, 0.1) is 7.11 Å². The van der Waals surface area contributed by atoms with Crippen LogP contribution in [-0.2, 0) is 20.7 Å². The largest absolute Gasteiger partial charge is 0.467 e. The van der Waals surface area contributed by atoms with Gasteiger partial charge in [0.1, 0.15) is 0 Å². The maximum Gasteiger partial charge on any atom is 0.336 e. The Labute approximate surface area is 141 Å². The third kappa shape index (κ3) is 4.55. The maximum atomic E-state index is 11.6. The molecule has 0 bridgehead atoms.